The molecule has 0 atom stereocenters. The summed E-state index contributed by atoms with van der Waals surface area (Å²) in [6.07, 6.45) is 0. The van der Waals surface area contributed by atoms with E-state index in [0.29, 0.717) is 0 Å². The largest absolute Gasteiger partial charge is 3.00 e. The number of hydrogen-bond donors (Lipinski definition) is 0. The summed E-state index contributed by atoms with van der Waals surface area (Å²) in [7, 11) is 0. The zero-order chi connectivity index (χ0) is 0. The van der Waals surface area contributed by atoms with Gasteiger partial charge in [-0.1, -0.05) is 0 Å². The summed E-state index contributed by atoms with van der Waals surface area (Å²) in [5.41, 5.74) is 0. The second-order valence-electron chi connectivity index (χ2n) is 0. The maximum Gasteiger partial charge on any atom is 3.00 e. The van der Waals surface area contributed by atoms with Gasteiger partial charge in [0.1, 0.15) is 0 Å². The second-order valence-corrected chi connectivity index (χ2v) is 0. The fourth-order valence-electron chi connectivity index (χ4n) is 0. The molecule has 0 spiro atoms. The van der Waals surface area contributed by atoms with Crippen LogP contribution in [0.3, 0.4) is 0 Å². The van der Waals surface area contributed by atoms with Gasteiger partial charge < -0.3 is 0 Å². The van der Waals surface area contributed by atoms with E-state index in [4.69, 9.17) is 0 Å². The molecule has 0 saturated heterocycles. The molecule has 0 aromatic heterocycles. The van der Waals surface area contributed by atoms with E-state index in [0.717, 1.165) is 0 Å². The van der Waals surface area contributed by atoms with Crippen molar-refractivity contribution in [2.24, 2.45) is 0 Å². The van der Waals surface area contributed by atoms with Crippen molar-refractivity contribution in [2.45, 2.75) is 0 Å². The second kappa shape index (κ2) is 30.8. The standard InChI is InChI=1S/Co.Cr.Fe.Mn.Ni/q+2;+3;3*+2. The van der Waals surface area contributed by atoms with Crippen LogP contribution in [0.4, 0.5) is 0 Å². The Labute approximate surface area is 83.8 Å². The average Bonchev–Trinajstić information content (AvgIpc) is 0. The number of rotatable bonds is 0. The molecule has 0 nitrogen and oxygen atoms in total. The average molecular weight is 280 g/mol. The van der Waals surface area contributed by atoms with Crippen molar-refractivity contribution in [1.29, 1.82) is 0 Å². The molecule has 0 rings (SSSR count). The van der Waals surface area contributed by atoms with Gasteiger partial charge in [0.05, 0.1) is 0 Å². The zero-order valence-corrected chi connectivity index (χ0v) is 7.38. The minimum Gasteiger partial charge on any atom is 2.00 e. The van der Waals surface area contributed by atoms with Gasteiger partial charge in [0.2, 0.25) is 0 Å². The predicted molar refractivity (Wildman–Crippen MR) is 0 cm³/mol. The van der Waals surface area contributed by atoms with E-state index in [2.05, 4.69) is 0 Å². The van der Waals surface area contributed by atoms with Crippen molar-refractivity contribution >= 4 is 0 Å². The van der Waals surface area contributed by atoms with Gasteiger partial charge in [-0.2, -0.15) is 0 Å². The van der Waals surface area contributed by atoms with Crippen LogP contribution in [0, 0.1) is 0 Å². The van der Waals surface area contributed by atoms with Crippen LogP contribution in [0.25, 0.3) is 0 Å². The SMILES string of the molecule is [Co+2].[Cr+3].[Fe+2].[Mn+2].[Ni+2]. The van der Waals surface area contributed by atoms with Crippen molar-refractivity contribution in [3.05, 3.63) is 0 Å². The van der Waals surface area contributed by atoms with Crippen LogP contribution >= 0.6 is 0 Å². The maximum atomic E-state index is 0. The van der Waals surface area contributed by atoms with E-state index in [1.165, 1.54) is 0 Å². The third-order valence-corrected chi connectivity index (χ3v) is 0. The predicted octanol–water partition coefficient (Wildman–Crippen LogP) is -0.0125. The van der Waals surface area contributed by atoms with E-state index in [1.807, 2.05) is 0 Å². The Balaban J connectivity index is 0. The molecule has 0 amide bonds. The summed E-state index contributed by atoms with van der Waals surface area (Å²) in [6.45, 7) is 0. The van der Waals surface area contributed by atoms with Crippen molar-refractivity contribution in [2.75, 3.05) is 0 Å². The molecule has 0 aromatic carbocycles. The summed E-state index contributed by atoms with van der Waals surface area (Å²) < 4.78 is 0. The Hall–Kier alpha value is 2.57. The third-order valence-electron chi connectivity index (χ3n) is 0. The normalized spacial score (nSPS) is 0. The van der Waals surface area contributed by atoms with Crippen molar-refractivity contribution in [3.8, 4) is 0 Å². The number of hydrogen-bond acceptors (Lipinski definition) is 0. The first kappa shape index (κ1) is 49.4. The van der Waals surface area contributed by atoms with E-state index in [9.17, 15) is 0 Å². The monoisotopic (exact) mass is 280 g/mol. The molecule has 5 heteroatoms. The van der Waals surface area contributed by atoms with Gasteiger partial charge in [0.15, 0.2) is 0 Å². The molecule has 0 N–H and O–H groups in total. The van der Waals surface area contributed by atoms with E-state index < -0.39 is 0 Å². The van der Waals surface area contributed by atoms with Gasteiger partial charge in [0, 0.05) is 0 Å². The molecule has 0 aliphatic heterocycles. The Morgan fingerprint density at radius 1 is 1.00 bits per heavy atom. The fraction of sp³-hybridized carbons (Fsp3) is 0. The van der Waals surface area contributed by atoms with Crippen LogP contribution in [0.15, 0.2) is 0 Å². The van der Waals surface area contributed by atoms with Gasteiger partial charge in [-0.15, -0.1) is 0 Å². The summed E-state index contributed by atoms with van der Waals surface area (Å²) in [4.78, 5) is 0. The topological polar surface area (TPSA) is 0 Å². The van der Waals surface area contributed by atoms with Crippen LogP contribution in [-0.2, 0) is 84.8 Å². The Morgan fingerprint density at radius 3 is 1.00 bits per heavy atom. The molecule has 3 radical (unpaired) electrons. The van der Waals surface area contributed by atoms with E-state index in [-0.39, 0.29) is 84.8 Å². The molecule has 0 aromatic rings. The van der Waals surface area contributed by atoms with Gasteiger partial charge in [0.25, 0.3) is 0 Å². The minimum atomic E-state index is 0. The molecule has 0 saturated carbocycles. The van der Waals surface area contributed by atoms with Gasteiger partial charge in [-0.3, -0.25) is 0 Å². The molecule has 0 fully saturated rings. The fourth-order valence-corrected chi connectivity index (χ4v) is 0. The first-order chi connectivity index (χ1) is 0. The summed E-state index contributed by atoms with van der Waals surface area (Å²) in [6, 6.07) is 0. The van der Waals surface area contributed by atoms with Gasteiger partial charge >= 0.3 is 84.8 Å². The molecular weight excluding hydrogens is 280 g/mol. The zero-order valence-electron chi connectivity index (χ0n) is 1.79. The van der Waals surface area contributed by atoms with E-state index >= 15 is 0 Å². The summed E-state index contributed by atoms with van der Waals surface area (Å²) in [5.74, 6) is 0. The van der Waals surface area contributed by atoms with Gasteiger partial charge in [-0.25, -0.2) is 0 Å². The van der Waals surface area contributed by atoms with Crippen LogP contribution in [0.5, 0.6) is 0 Å². The summed E-state index contributed by atoms with van der Waals surface area (Å²) >= 11 is 0. The minimum absolute atomic E-state index is 0. The van der Waals surface area contributed by atoms with Crippen molar-refractivity contribution in [3.63, 3.8) is 0 Å². The molecule has 0 bridgehead atoms. The molecular formula is CoCrFeMnNi+11. The van der Waals surface area contributed by atoms with Crippen molar-refractivity contribution < 1.29 is 84.8 Å². The smallest absolute Gasteiger partial charge is 2.00 e. The Bertz CT molecular complexity index is 11.6. The first-order valence-electron chi connectivity index (χ1n) is 0. The first-order valence-corrected chi connectivity index (χ1v) is 0. The third kappa shape index (κ3) is 20.8. The van der Waals surface area contributed by atoms with Crippen molar-refractivity contribution in [1.82, 2.24) is 0 Å². The molecule has 0 aliphatic carbocycles. The Morgan fingerprint density at radius 2 is 1.00 bits per heavy atom. The molecule has 5 heavy (non-hydrogen) atoms. The maximum absolute atomic E-state index is 0. The molecule has 29 valence electrons. The quantitative estimate of drug-likeness (QED) is 0.548. The van der Waals surface area contributed by atoms with Crippen LogP contribution in [0.2, 0.25) is 0 Å². The van der Waals surface area contributed by atoms with Gasteiger partial charge in [-0.05, 0) is 0 Å². The molecule has 0 unspecified atom stereocenters. The molecule has 0 heterocycles. The molecule has 0 aliphatic rings. The summed E-state index contributed by atoms with van der Waals surface area (Å²) in [5, 5.41) is 0. The van der Waals surface area contributed by atoms with Crippen LogP contribution in [-0.4, -0.2) is 0 Å². The van der Waals surface area contributed by atoms with Crippen LogP contribution in [0.1, 0.15) is 0 Å². The van der Waals surface area contributed by atoms with Crippen LogP contribution < -0.4 is 0 Å². The van der Waals surface area contributed by atoms with E-state index in [1.54, 1.807) is 0 Å². The Kier molecular flexibility index (Phi) is 305.